The van der Waals surface area contributed by atoms with Crippen molar-refractivity contribution in [3.63, 3.8) is 0 Å². The van der Waals surface area contributed by atoms with Crippen molar-refractivity contribution in [1.29, 1.82) is 0 Å². The van der Waals surface area contributed by atoms with E-state index in [1.54, 1.807) is 0 Å². The average molecular weight is 380 g/mol. The van der Waals surface area contributed by atoms with Gasteiger partial charge < -0.3 is 15.5 Å². The summed E-state index contributed by atoms with van der Waals surface area (Å²) < 4.78 is 0. The molecule has 0 bridgehead atoms. The molecular weight excluding hydrogens is 354 g/mol. The molecule has 3 N–H and O–H groups in total. The summed E-state index contributed by atoms with van der Waals surface area (Å²) in [4.78, 5) is 33.0. The quantitative estimate of drug-likeness (QED) is 0.318. The molecule has 0 aliphatic rings. The number of aliphatic carboxylic acids is 2. The van der Waals surface area contributed by atoms with Crippen LogP contribution in [0.4, 0.5) is 0 Å². The van der Waals surface area contributed by atoms with Crippen LogP contribution in [0.25, 0.3) is 0 Å². The number of rotatable bonds is 14. The first-order valence-corrected chi connectivity index (χ1v) is 8.89. The number of unbranched alkanes of at least 4 members (excludes halogenated alkanes) is 6. The Hall–Kier alpha value is -1.11. The Balaban J connectivity index is 3.72. The maximum Gasteiger partial charge on any atom is 0.326 e. The third kappa shape index (κ3) is 12.6. The smallest absolute Gasteiger partial charge is 0.326 e. The third-order valence-electron chi connectivity index (χ3n) is 3.32. The van der Waals surface area contributed by atoms with Crippen LogP contribution in [0.5, 0.6) is 0 Å². The number of nitrogens with one attached hydrogen (secondary N) is 1. The van der Waals surface area contributed by atoms with Gasteiger partial charge in [0.15, 0.2) is 0 Å². The van der Waals surface area contributed by atoms with E-state index in [0.717, 1.165) is 31.0 Å². The van der Waals surface area contributed by atoms with Crippen LogP contribution >= 0.6 is 15.9 Å². The van der Waals surface area contributed by atoms with Crippen molar-refractivity contribution in [2.75, 3.05) is 5.33 Å². The minimum absolute atomic E-state index is 0.0933. The van der Waals surface area contributed by atoms with E-state index in [1.165, 1.54) is 19.3 Å². The molecule has 0 aromatic carbocycles. The van der Waals surface area contributed by atoms with Crippen molar-refractivity contribution >= 4 is 33.8 Å². The average Bonchev–Trinajstić information content (AvgIpc) is 2.45. The SMILES string of the molecule is O=C(O)CCC(NC(=O)CCCCCCCCCBr)C(=O)O. The van der Waals surface area contributed by atoms with Gasteiger partial charge in [0, 0.05) is 18.2 Å². The molecule has 0 saturated carbocycles. The molecule has 128 valence electrons. The number of carbonyl (C=O) groups excluding carboxylic acids is 1. The number of hydrogen-bond acceptors (Lipinski definition) is 3. The van der Waals surface area contributed by atoms with E-state index in [1.807, 2.05) is 0 Å². The molecule has 0 saturated heterocycles. The second-order valence-corrected chi connectivity index (χ2v) is 6.10. The lowest BCUT2D eigenvalue weighted by Gasteiger charge is -2.13. The highest BCUT2D eigenvalue weighted by Crippen LogP contribution is 2.09. The summed E-state index contributed by atoms with van der Waals surface area (Å²) in [6, 6.07) is -1.12. The van der Waals surface area contributed by atoms with E-state index in [-0.39, 0.29) is 25.2 Å². The first kappa shape index (κ1) is 20.9. The molecule has 0 radical (unpaired) electrons. The standard InChI is InChI=1S/C15H26BrNO5/c16-11-7-5-3-1-2-4-6-8-13(18)17-12(15(21)22)9-10-14(19)20/h12H,1-11H2,(H,17,18)(H,19,20)(H,21,22). The van der Waals surface area contributed by atoms with Gasteiger partial charge in [-0.05, 0) is 19.3 Å². The van der Waals surface area contributed by atoms with Crippen molar-refractivity contribution in [2.45, 2.75) is 70.3 Å². The summed E-state index contributed by atoms with van der Waals surface area (Å²) in [5.74, 6) is -2.58. The summed E-state index contributed by atoms with van der Waals surface area (Å²) in [7, 11) is 0. The molecule has 6 nitrogen and oxygen atoms in total. The van der Waals surface area contributed by atoms with Gasteiger partial charge >= 0.3 is 11.9 Å². The van der Waals surface area contributed by atoms with Gasteiger partial charge in [0.25, 0.3) is 0 Å². The van der Waals surface area contributed by atoms with Crippen molar-refractivity contribution in [3.8, 4) is 0 Å². The molecule has 0 aromatic heterocycles. The summed E-state index contributed by atoms with van der Waals surface area (Å²) >= 11 is 3.39. The van der Waals surface area contributed by atoms with Crippen LogP contribution in [0.2, 0.25) is 0 Å². The fraction of sp³-hybridized carbons (Fsp3) is 0.800. The van der Waals surface area contributed by atoms with E-state index < -0.39 is 18.0 Å². The molecular formula is C15H26BrNO5. The molecule has 22 heavy (non-hydrogen) atoms. The van der Waals surface area contributed by atoms with Crippen LogP contribution in [0.15, 0.2) is 0 Å². The summed E-state index contributed by atoms with van der Waals surface area (Å²) in [5.41, 5.74) is 0. The number of hydrogen-bond donors (Lipinski definition) is 3. The summed E-state index contributed by atoms with van der Waals surface area (Å²) in [6.07, 6.45) is 7.46. The van der Waals surface area contributed by atoms with Crippen molar-refractivity contribution in [1.82, 2.24) is 5.32 Å². The lowest BCUT2D eigenvalue weighted by Crippen LogP contribution is -2.41. The largest absolute Gasteiger partial charge is 0.481 e. The first-order valence-electron chi connectivity index (χ1n) is 7.77. The minimum Gasteiger partial charge on any atom is -0.481 e. The Morgan fingerprint density at radius 2 is 1.41 bits per heavy atom. The Morgan fingerprint density at radius 1 is 0.864 bits per heavy atom. The van der Waals surface area contributed by atoms with Crippen LogP contribution in [0.1, 0.15) is 64.2 Å². The van der Waals surface area contributed by atoms with Crippen LogP contribution in [0.3, 0.4) is 0 Å². The van der Waals surface area contributed by atoms with E-state index in [2.05, 4.69) is 21.2 Å². The molecule has 1 unspecified atom stereocenters. The Kier molecular flexibility index (Phi) is 12.9. The van der Waals surface area contributed by atoms with Gasteiger partial charge in [0.2, 0.25) is 5.91 Å². The molecule has 7 heteroatoms. The highest BCUT2D eigenvalue weighted by molar-refractivity contribution is 9.09. The zero-order valence-corrected chi connectivity index (χ0v) is 14.4. The number of carbonyl (C=O) groups is 3. The third-order valence-corrected chi connectivity index (χ3v) is 3.88. The molecule has 0 heterocycles. The van der Waals surface area contributed by atoms with Crippen LogP contribution < -0.4 is 5.32 Å². The van der Waals surface area contributed by atoms with E-state index in [9.17, 15) is 14.4 Å². The fourth-order valence-electron chi connectivity index (χ4n) is 2.06. The Bertz CT molecular complexity index is 349. The van der Waals surface area contributed by atoms with Gasteiger partial charge in [-0.3, -0.25) is 9.59 Å². The topological polar surface area (TPSA) is 104 Å². The van der Waals surface area contributed by atoms with Crippen LogP contribution in [-0.2, 0) is 14.4 Å². The fourth-order valence-corrected chi connectivity index (χ4v) is 2.45. The summed E-state index contributed by atoms with van der Waals surface area (Å²) in [6.45, 7) is 0. The second-order valence-electron chi connectivity index (χ2n) is 5.30. The number of alkyl halides is 1. The highest BCUT2D eigenvalue weighted by atomic mass is 79.9. The number of carboxylic acid groups (broad SMARTS) is 2. The molecule has 1 atom stereocenters. The maximum absolute atomic E-state index is 11.6. The lowest BCUT2D eigenvalue weighted by molar-refractivity contribution is -0.143. The van der Waals surface area contributed by atoms with Gasteiger partial charge in [0.1, 0.15) is 6.04 Å². The second kappa shape index (κ2) is 13.5. The van der Waals surface area contributed by atoms with E-state index in [0.29, 0.717) is 0 Å². The highest BCUT2D eigenvalue weighted by Gasteiger charge is 2.20. The van der Waals surface area contributed by atoms with Crippen molar-refractivity contribution < 1.29 is 24.6 Å². The Morgan fingerprint density at radius 3 is 1.91 bits per heavy atom. The lowest BCUT2D eigenvalue weighted by atomic mass is 10.1. The van der Waals surface area contributed by atoms with E-state index >= 15 is 0 Å². The predicted octanol–water partition coefficient (Wildman–Crippen LogP) is 2.94. The maximum atomic E-state index is 11.6. The molecule has 0 rings (SSSR count). The molecule has 0 spiro atoms. The minimum atomic E-state index is -1.19. The van der Waals surface area contributed by atoms with Crippen molar-refractivity contribution in [2.24, 2.45) is 0 Å². The Labute approximate surface area is 139 Å². The number of carboxylic acids is 2. The zero-order chi connectivity index (χ0) is 16.8. The van der Waals surface area contributed by atoms with Gasteiger partial charge in [-0.1, -0.05) is 48.0 Å². The molecule has 0 aromatic rings. The number of amides is 1. The van der Waals surface area contributed by atoms with Gasteiger partial charge in [-0.25, -0.2) is 4.79 Å². The molecule has 0 fully saturated rings. The van der Waals surface area contributed by atoms with Gasteiger partial charge in [0.05, 0.1) is 0 Å². The summed E-state index contributed by atoms with van der Waals surface area (Å²) in [5, 5.41) is 20.9. The zero-order valence-electron chi connectivity index (χ0n) is 12.9. The molecule has 0 aliphatic heterocycles. The van der Waals surface area contributed by atoms with Gasteiger partial charge in [-0.2, -0.15) is 0 Å². The normalized spacial score (nSPS) is 11.9. The van der Waals surface area contributed by atoms with Crippen LogP contribution in [-0.4, -0.2) is 39.4 Å². The van der Waals surface area contributed by atoms with E-state index in [4.69, 9.17) is 10.2 Å². The molecule has 0 aliphatic carbocycles. The monoisotopic (exact) mass is 379 g/mol. The van der Waals surface area contributed by atoms with Crippen LogP contribution in [0, 0.1) is 0 Å². The van der Waals surface area contributed by atoms with Gasteiger partial charge in [-0.15, -0.1) is 0 Å². The molecule has 1 amide bonds. The predicted molar refractivity (Wildman–Crippen MR) is 87.2 cm³/mol. The first-order chi connectivity index (χ1) is 10.5. The number of halogens is 1. The van der Waals surface area contributed by atoms with Crippen molar-refractivity contribution in [3.05, 3.63) is 0 Å².